The van der Waals surface area contributed by atoms with E-state index in [1.54, 1.807) is 11.8 Å². The first-order valence-electron chi connectivity index (χ1n) is 4.59. The molecule has 0 aliphatic heterocycles. The summed E-state index contributed by atoms with van der Waals surface area (Å²) in [5, 5.41) is 2.59. The molecule has 0 aliphatic rings. The van der Waals surface area contributed by atoms with E-state index in [2.05, 4.69) is 62.0 Å². The molecule has 0 N–H and O–H groups in total. The molecule has 1 unspecified atom stereocenters. The second-order valence-corrected chi connectivity index (χ2v) is 5.76. The number of thiol groups is 1. The maximum atomic E-state index is 4.37. The van der Waals surface area contributed by atoms with Gasteiger partial charge < -0.3 is 0 Å². The summed E-state index contributed by atoms with van der Waals surface area (Å²) in [4.78, 5) is 1.28. The fourth-order valence-corrected chi connectivity index (χ4v) is 2.54. The lowest BCUT2D eigenvalue weighted by Crippen LogP contribution is -1.82. The number of fused-ring (bicyclic) bond motifs is 1. The number of hydrogen-bond acceptors (Lipinski definition) is 2. The molecule has 0 nitrogen and oxygen atoms in total. The van der Waals surface area contributed by atoms with Crippen molar-refractivity contribution >= 4 is 35.2 Å². The first-order chi connectivity index (χ1) is 6.75. The Morgan fingerprint density at radius 3 is 2.50 bits per heavy atom. The molecule has 0 saturated carbocycles. The molecule has 14 heavy (non-hydrogen) atoms. The third-order valence-electron chi connectivity index (χ3n) is 2.03. The van der Waals surface area contributed by atoms with Crippen LogP contribution in [0.2, 0.25) is 0 Å². The molecule has 0 amide bonds. The maximum absolute atomic E-state index is 4.37. The molecule has 1 atom stereocenters. The molecular weight excluding hydrogens is 208 g/mol. The summed E-state index contributed by atoms with van der Waals surface area (Å²) < 4.78 is 0.344. The summed E-state index contributed by atoms with van der Waals surface area (Å²) in [6.07, 6.45) is 0. The zero-order chi connectivity index (χ0) is 9.97. The molecular formula is C12H12S2. The van der Waals surface area contributed by atoms with Gasteiger partial charge in [0.25, 0.3) is 0 Å². The molecule has 0 aliphatic carbocycles. The molecule has 2 heteroatoms. The molecule has 0 aromatic heterocycles. The second kappa shape index (κ2) is 4.28. The summed E-state index contributed by atoms with van der Waals surface area (Å²) in [7, 11) is 0. The highest BCUT2D eigenvalue weighted by molar-refractivity contribution is 8.10. The highest BCUT2D eigenvalue weighted by Crippen LogP contribution is 2.28. The van der Waals surface area contributed by atoms with Crippen molar-refractivity contribution in [1.29, 1.82) is 0 Å². The second-order valence-electron chi connectivity index (χ2n) is 3.23. The van der Waals surface area contributed by atoms with Gasteiger partial charge in [0.05, 0.1) is 0 Å². The number of hydrogen-bond donors (Lipinski definition) is 1. The minimum absolute atomic E-state index is 0.344. The Morgan fingerprint density at radius 2 is 1.79 bits per heavy atom. The van der Waals surface area contributed by atoms with Crippen LogP contribution in [0.25, 0.3) is 10.8 Å². The van der Waals surface area contributed by atoms with Crippen LogP contribution in [0.15, 0.2) is 47.4 Å². The van der Waals surface area contributed by atoms with Gasteiger partial charge in [-0.15, -0.1) is 11.8 Å². The van der Waals surface area contributed by atoms with Gasteiger partial charge in [0.15, 0.2) is 0 Å². The molecule has 2 aromatic carbocycles. The molecule has 72 valence electrons. The molecule has 0 spiro atoms. The number of thioether (sulfide) groups is 1. The average Bonchev–Trinajstić information content (AvgIpc) is 2.17. The summed E-state index contributed by atoms with van der Waals surface area (Å²) >= 11 is 6.14. The van der Waals surface area contributed by atoms with Crippen LogP contribution >= 0.6 is 24.4 Å². The lowest BCUT2D eigenvalue weighted by molar-refractivity contribution is 1.40. The summed E-state index contributed by atoms with van der Waals surface area (Å²) in [5.74, 6) is 0. The van der Waals surface area contributed by atoms with Gasteiger partial charge in [-0.3, -0.25) is 0 Å². The topological polar surface area (TPSA) is 0 Å². The molecule has 0 saturated heterocycles. The molecule has 0 bridgehead atoms. The highest BCUT2D eigenvalue weighted by Gasteiger charge is 1.99. The zero-order valence-electron chi connectivity index (χ0n) is 7.97. The van der Waals surface area contributed by atoms with Crippen LogP contribution in [0.4, 0.5) is 0 Å². The van der Waals surface area contributed by atoms with Gasteiger partial charge in [0, 0.05) is 9.48 Å². The van der Waals surface area contributed by atoms with E-state index in [-0.39, 0.29) is 0 Å². The lowest BCUT2D eigenvalue weighted by atomic mass is 10.1. The van der Waals surface area contributed by atoms with Crippen LogP contribution < -0.4 is 0 Å². The largest absolute Gasteiger partial charge is 0.165 e. The van der Waals surface area contributed by atoms with Crippen LogP contribution in [0.1, 0.15) is 6.92 Å². The average molecular weight is 220 g/mol. The Balaban J connectivity index is 2.41. The van der Waals surface area contributed by atoms with Crippen molar-refractivity contribution in [2.75, 3.05) is 0 Å². The standard InChI is InChI=1S/C12H12S2/c1-9(13)14-12-7-6-10-4-2-3-5-11(10)8-12/h2-9,13H,1H3. The fraction of sp³-hybridized carbons (Fsp3) is 0.167. The molecule has 0 fully saturated rings. The van der Waals surface area contributed by atoms with Crippen molar-refractivity contribution in [2.45, 2.75) is 16.4 Å². The van der Waals surface area contributed by atoms with E-state index in [4.69, 9.17) is 0 Å². The van der Waals surface area contributed by atoms with E-state index < -0.39 is 0 Å². The van der Waals surface area contributed by atoms with E-state index in [1.165, 1.54) is 15.7 Å². The van der Waals surface area contributed by atoms with E-state index in [0.29, 0.717) is 4.58 Å². The Hall–Kier alpha value is -0.600. The highest BCUT2D eigenvalue weighted by atomic mass is 32.2. The Bertz CT molecular complexity index is 435. The summed E-state index contributed by atoms with van der Waals surface area (Å²) in [6.45, 7) is 2.09. The summed E-state index contributed by atoms with van der Waals surface area (Å²) in [6, 6.07) is 14.9. The normalized spacial score (nSPS) is 13.0. The Kier molecular flexibility index (Phi) is 3.04. The monoisotopic (exact) mass is 220 g/mol. The zero-order valence-corrected chi connectivity index (χ0v) is 9.69. The van der Waals surface area contributed by atoms with Crippen molar-refractivity contribution in [2.24, 2.45) is 0 Å². The SMILES string of the molecule is CC(S)Sc1ccc2ccccc2c1. The minimum atomic E-state index is 0.344. The Labute approximate surface area is 94.1 Å². The number of benzene rings is 2. The van der Waals surface area contributed by atoms with Crippen LogP contribution in [0.3, 0.4) is 0 Å². The van der Waals surface area contributed by atoms with Gasteiger partial charge in [0.1, 0.15) is 0 Å². The maximum Gasteiger partial charge on any atom is 0.0491 e. The van der Waals surface area contributed by atoms with Crippen molar-refractivity contribution in [3.8, 4) is 0 Å². The van der Waals surface area contributed by atoms with Crippen LogP contribution in [-0.2, 0) is 0 Å². The fourth-order valence-electron chi connectivity index (χ4n) is 1.44. The third-order valence-corrected chi connectivity index (χ3v) is 3.21. The first kappa shape index (κ1) is 9.94. The predicted molar refractivity (Wildman–Crippen MR) is 68.3 cm³/mol. The third kappa shape index (κ3) is 2.25. The van der Waals surface area contributed by atoms with Gasteiger partial charge in [-0.1, -0.05) is 30.3 Å². The van der Waals surface area contributed by atoms with Gasteiger partial charge in [-0.25, -0.2) is 0 Å². The van der Waals surface area contributed by atoms with Crippen molar-refractivity contribution in [3.63, 3.8) is 0 Å². The van der Waals surface area contributed by atoms with Gasteiger partial charge in [0.2, 0.25) is 0 Å². The van der Waals surface area contributed by atoms with Crippen LogP contribution in [0.5, 0.6) is 0 Å². The van der Waals surface area contributed by atoms with E-state index in [0.717, 1.165) is 0 Å². The van der Waals surface area contributed by atoms with Gasteiger partial charge >= 0.3 is 0 Å². The van der Waals surface area contributed by atoms with Crippen LogP contribution in [-0.4, -0.2) is 4.58 Å². The molecule has 2 aromatic rings. The smallest absolute Gasteiger partial charge is 0.0491 e. The van der Waals surface area contributed by atoms with Crippen LogP contribution in [0, 0.1) is 0 Å². The number of rotatable bonds is 2. The van der Waals surface area contributed by atoms with E-state index in [1.807, 2.05) is 0 Å². The molecule has 0 radical (unpaired) electrons. The summed E-state index contributed by atoms with van der Waals surface area (Å²) in [5.41, 5.74) is 0. The Morgan fingerprint density at radius 1 is 1.07 bits per heavy atom. The van der Waals surface area contributed by atoms with E-state index in [9.17, 15) is 0 Å². The minimum Gasteiger partial charge on any atom is -0.165 e. The van der Waals surface area contributed by atoms with Crippen molar-refractivity contribution < 1.29 is 0 Å². The predicted octanol–water partition coefficient (Wildman–Crippen LogP) is 4.21. The van der Waals surface area contributed by atoms with E-state index >= 15 is 0 Å². The van der Waals surface area contributed by atoms with Crippen molar-refractivity contribution in [3.05, 3.63) is 42.5 Å². The quantitative estimate of drug-likeness (QED) is 0.449. The lowest BCUT2D eigenvalue weighted by Gasteiger charge is -2.05. The molecule has 0 heterocycles. The van der Waals surface area contributed by atoms with Gasteiger partial charge in [-0.2, -0.15) is 12.6 Å². The van der Waals surface area contributed by atoms with Crippen molar-refractivity contribution in [1.82, 2.24) is 0 Å². The van der Waals surface area contributed by atoms with Gasteiger partial charge in [-0.05, 0) is 29.8 Å². The molecule has 2 rings (SSSR count). The first-order valence-corrected chi connectivity index (χ1v) is 5.99.